The molecular formula is C16H22N4O. The Hall–Kier alpha value is -2.30. The molecule has 1 aromatic heterocycles. The van der Waals surface area contributed by atoms with Crippen LogP contribution in [0.4, 0.5) is 11.4 Å². The fraction of sp³-hybridized carbons (Fsp3) is 0.375. The summed E-state index contributed by atoms with van der Waals surface area (Å²) in [4.78, 5) is 16.3. The summed E-state index contributed by atoms with van der Waals surface area (Å²) in [6.45, 7) is 6.66. The summed E-state index contributed by atoms with van der Waals surface area (Å²) in [6.07, 6.45) is 1.71. The molecule has 2 aromatic rings. The van der Waals surface area contributed by atoms with E-state index in [0.717, 1.165) is 16.6 Å². The Morgan fingerprint density at radius 3 is 2.76 bits per heavy atom. The number of nitrogens with one attached hydrogen (secondary N) is 2. The van der Waals surface area contributed by atoms with Crippen molar-refractivity contribution in [1.29, 1.82) is 0 Å². The van der Waals surface area contributed by atoms with Gasteiger partial charge in [-0.15, -0.1) is 0 Å². The van der Waals surface area contributed by atoms with Crippen LogP contribution in [0.15, 0.2) is 30.5 Å². The first-order chi connectivity index (χ1) is 9.97. The van der Waals surface area contributed by atoms with E-state index in [1.807, 2.05) is 31.2 Å². The molecular weight excluding hydrogens is 264 g/mol. The Labute approximate surface area is 124 Å². The third kappa shape index (κ3) is 3.84. The first-order valence-corrected chi connectivity index (χ1v) is 7.16. The molecule has 0 aliphatic carbocycles. The van der Waals surface area contributed by atoms with Gasteiger partial charge >= 0.3 is 0 Å². The lowest BCUT2D eigenvalue weighted by Crippen LogP contribution is -2.39. The van der Waals surface area contributed by atoms with Crippen LogP contribution in [0.5, 0.6) is 0 Å². The highest BCUT2D eigenvalue weighted by Gasteiger charge is 2.14. The molecule has 0 saturated heterocycles. The van der Waals surface area contributed by atoms with Gasteiger partial charge in [0.1, 0.15) is 6.04 Å². The fourth-order valence-electron chi connectivity index (χ4n) is 2.05. The predicted octanol–water partition coefficient (Wildman–Crippen LogP) is 2.39. The highest BCUT2D eigenvalue weighted by molar-refractivity contribution is 5.94. The number of carbonyl (C=O) groups is 1. The molecule has 112 valence electrons. The van der Waals surface area contributed by atoms with Gasteiger partial charge in [0, 0.05) is 29.5 Å². The quantitative estimate of drug-likeness (QED) is 0.737. The maximum absolute atomic E-state index is 12.0. The molecule has 0 spiro atoms. The van der Waals surface area contributed by atoms with E-state index in [4.69, 9.17) is 5.73 Å². The summed E-state index contributed by atoms with van der Waals surface area (Å²) in [5.41, 5.74) is 8.14. The lowest BCUT2D eigenvalue weighted by atomic mass is 10.1. The number of pyridine rings is 1. The van der Waals surface area contributed by atoms with Gasteiger partial charge in [-0.2, -0.15) is 0 Å². The van der Waals surface area contributed by atoms with Gasteiger partial charge in [-0.3, -0.25) is 9.78 Å². The van der Waals surface area contributed by atoms with Gasteiger partial charge in [0.05, 0.1) is 5.52 Å². The van der Waals surface area contributed by atoms with Gasteiger partial charge in [-0.25, -0.2) is 0 Å². The van der Waals surface area contributed by atoms with Gasteiger partial charge in [0.15, 0.2) is 0 Å². The smallest absolute Gasteiger partial charge is 0.242 e. The molecule has 1 aromatic carbocycles. The Morgan fingerprint density at radius 2 is 2.05 bits per heavy atom. The molecule has 4 N–H and O–H groups in total. The number of carbonyl (C=O) groups excluding carboxylic acids is 1. The molecule has 0 bridgehead atoms. The lowest BCUT2D eigenvalue weighted by Gasteiger charge is -2.17. The second-order valence-electron chi connectivity index (χ2n) is 5.64. The number of anilines is 2. The Kier molecular flexibility index (Phi) is 4.62. The van der Waals surface area contributed by atoms with Crippen molar-refractivity contribution in [2.45, 2.75) is 26.8 Å². The predicted molar refractivity (Wildman–Crippen MR) is 87.1 cm³/mol. The molecule has 1 unspecified atom stereocenters. The van der Waals surface area contributed by atoms with Crippen LogP contribution in [0, 0.1) is 5.92 Å². The van der Waals surface area contributed by atoms with E-state index in [9.17, 15) is 4.79 Å². The number of fused-ring (bicyclic) bond motifs is 1. The van der Waals surface area contributed by atoms with Gasteiger partial charge < -0.3 is 16.4 Å². The van der Waals surface area contributed by atoms with Crippen LogP contribution in [0.1, 0.15) is 20.8 Å². The highest BCUT2D eigenvalue weighted by Crippen LogP contribution is 2.23. The summed E-state index contributed by atoms with van der Waals surface area (Å²) in [6, 6.07) is 7.12. The summed E-state index contributed by atoms with van der Waals surface area (Å²) in [7, 11) is 0. The van der Waals surface area contributed by atoms with Crippen LogP contribution < -0.4 is 16.4 Å². The van der Waals surface area contributed by atoms with Crippen molar-refractivity contribution in [2.24, 2.45) is 5.92 Å². The monoisotopic (exact) mass is 286 g/mol. The first kappa shape index (κ1) is 15.1. The van der Waals surface area contributed by atoms with Crippen molar-refractivity contribution < 1.29 is 4.79 Å². The second kappa shape index (κ2) is 6.43. The Balaban J connectivity index is 2.14. The van der Waals surface area contributed by atoms with Crippen molar-refractivity contribution in [3.8, 4) is 0 Å². The standard InChI is InChI=1S/C16H22N4O/c1-10(2)9-19-16(21)11(3)20-14-6-7-18-15-8-12(17)4-5-13(14)15/h4-8,10-11H,9,17H2,1-3H3,(H,18,20)(H,19,21). The number of hydrogen-bond acceptors (Lipinski definition) is 4. The van der Waals surface area contributed by atoms with E-state index >= 15 is 0 Å². The maximum Gasteiger partial charge on any atom is 0.242 e. The number of rotatable bonds is 5. The second-order valence-corrected chi connectivity index (χ2v) is 5.64. The van der Waals surface area contributed by atoms with E-state index in [0.29, 0.717) is 18.2 Å². The van der Waals surface area contributed by atoms with Gasteiger partial charge in [-0.05, 0) is 37.1 Å². The number of hydrogen-bond donors (Lipinski definition) is 3. The molecule has 1 amide bonds. The molecule has 0 radical (unpaired) electrons. The van der Waals surface area contributed by atoms with E-state index in [2.05, 4.69) is 29.5 Å². The van der Waals surface area contributed by atoms with Gasteiger partial charge in [-0.1, -0.05) is 13.8 Å². The minimum atomic E-state index is -0.313. The average Bonchev–Trinajstić information content (AvgIpc) is 2.44. The van der Waals surface area contributed by atoms with Crippen molar-refractivity contribution >= 4 is 28.2 Å². The number of amides is 1. The molecule has 0 aliphatic heterocycles. The molecule has 1 atom stereocenters. The summed E-state index contributed by atoms with van der Waals surface area (Å²) in [5, 5.41) is 7.11. The topological polar surface area (TPSA) is 80.0 Å². The summed E-state index contributed by atoms with van der Waals surface area (Å²) in [5.74, 6) is 0.426. The average molecular weight is 286 g/mol. The molecule has 5 heteroatoms. The van der Waals surface area contributed by atoms with Gasteiger partial charge in [0.25, 0.3) is 0 Å². The number of benzene rings is 1. The molecule has 5 nitrogen and oxygen atoms in total. The van der Waals surface area contributed by atoms with Crippen LogP contribution in [-0.4, -0.2) is 23.5 Å². The zero-order chi connectivity index (χ0) is 15.4. The highest BCUT2D eigenvalue weighted by atomic mass is 16.2. The maximum atomic E-state index is 12.0. The van der Waals surface area contributed by atoms with Crippen LogP contribution >= 0.6 is 0 Å². The number of nitrogen functional groups attached to an aromatic ring is 1. The number of nitrogens with two attached hydrogens (primary N) is 1. The third-order valence-electron chi connectivity index (χ3n) is 3.22. The van der Waals surface area contributed by atoms with E-state index in [1.165, 1.54) is 0 Å². The molecule has 0 fully saturated rings. The number of aromatic nitrogens is 1. The van der Waals surface area contributed by atoms with Crippen LogP contribution in [0.25, 0.3) is 10.9 Å². The molecule has 1 heterocycles. The minimum Gasteiger partial charge on any atom is -0.399 e. The SMILES string of the molecule is CC(C)CNC(=O)C(C)Nc1ccnc2cc(N)ccc12. The lowest BCUT2D eigenvalue weighted by molar-refractivity contribution is -0.121. The molecule has 0 aliphatic rings. The molecule has 2 rings (SSSR count). The Bertz CT molecular complexity index is 639. The molecule has 0 saturated carbocycles. The first-order valence-electron chi connectivity index (χ1n) is 7.16. The van der Waals surface area contributed by atoms with Crippen molar-refractivity contribution in [1.82, 2.24) is 10.3 Å². The zero-order valence-corrected chi connectivity index (χ0v) is 12.7. The van der Waals surface area contributed by atoms with Crippen molar-refractivity contribution in [2.75, 3.05) is 17.6 Å². The van der Waals surface area contributed by atoms with Crippen LogP contribution in [-0.2, 0) is 4.79 Å². The van der Waals surface area contributed by atoms with Gasteiger partial charge in [0.2, 0.25) is 5.91 Å². The molecule has 21 heavy (non-hydrogen) atoms. The van der Waals surface area contributed by atoms with Crippen LogP contribution in [0.3, 0.4) is 0 Å². The largest absolute Gasteiger partial charge is 0.399 e. The summed E-state index contributed by atoms with van der Waals surface area (Å²) >= 11 is 0. The van der Waals surface area contributed by atoms with Crippen molar-refractivity contribution in [3.63, 3.8) is 0 Å². The van der Waals surface area contributed by atoms with E-state index in [-0.39, 0.29) is 11.9 Å². The zero-order valence-electron chi connectivity index (χ0n) is 12.7. The third-order valence-corrected chi connectivity index (χ3v) is 3.22. The fourth-order valence-corrected chi connectivity index (χ4v) is 2.05. The Morgan fingerprint density at radius 1 is 1.29 bits per heavy atom. The minimum absolute atomic E-state index is 0.0101. The normalized spacial score (nSPS) is 12.4. The number of nitrogens with zero attached hydrogens (tertiary/aromatic N) is 1. The van der Waals surface area contributed by atoms with E-state index < -0.39 is 0 Å². The van der Waals surface area contributed by atoms with Crippen molar-refractivity contribution in [3.05, 3.63) is 30.5 Å². The summed E-state index contributed by atoms with van der Waals surface area (Å²) < 4.78 is 0. The van der Waals surface area contributed by atoms with Crippen LogP contribution in [0.2, 0.25) is 0 Å². The van der Waals surface area contributed by atoms with E-state index in [1.54, 1.807) is 6.20 Å².